The first-order valence-electron chi connectivity index (χ1n) is 6.82. The normalized spacial score (nSPS) is 10.3. The van der Waals surface area contributed by atoms with Crippen molar-refractivity contribution in [1.29, 1.82) is 0 Å². The highest BCUT2D eigenvalue weighted by molar-refractivity contribution is 9.10. The molecule has 116 valence electrons. The van der Waals surface area contributed by atoms with Gasteiger partial charge in [-0.3, -0.25) is 9.59 Å². The minimum absolute atomic E-state index is 0.0614. The molecule has 0 aliphatic rings. The number of nitrogens with one attached hydrogen (secondary N) is 2. The van der Waals surface area contributed by atoms with E-state index in [1.54, 1.807) is 25.3 Å². The number of carbonyl (C=O) groups excluding carboxylic acids is 2. The van der Waals surface area contributed by atoms with E-state index in [0.717, 1.165) is 0 Å². The summed E-state index contributed by atoms with van der Waals surface area (Å²) in [7, 11) is 1.55. The van der Waals surface area contributed by atoms with E-state index in [-0.39, 0.29) is 18.2 Å². The molecular weight excluding hydrogens is 336 g/mol. The lowest BCUT2D eigenvalue weighted by Gasteiger charge is -2.10. The van der Waals surface area contributed by atoms with Gasteiger partial charge in [0.15, 0.2) is 0 Å². The van der Waals surface area contributed by atoms with Crippen LogP contribution in [-0.4, -0.2) is 32.0 Å². The van der Waals surface area contributed by atoms with Gasteiger partial charge in [-0.2, -0.15) is 0 Å². The maximum atomic E-state index is 12.1. The van der Waals surface area contributed by atoms with Gasteiger partial charge in [0.25, 0.3) is 5.91 Å². The third-order valence-corrected chi connectivity index (χ3v) is 3.45. The second kappa shape index (κ2) is 8.67. The van der Waals surface area contributed by atoms with Crippen molar-refractivity contribution >= 4 is 27.7 Å². The number of benzene rings is 1. The number of amides is 2. The van der Waals surface area contributed by atoms with Crippen molar-refractivity contribution in [1.82, 2.24) is 10.6 Å². The zero-order valence-electron chi connectivity index (χ0n) is 12.5. The minimum atomic E-state index is -0.238. The zero-order chi connectivity index (χ0) is 15.8. The molecule has 1 rings (SSSR count). The predicted molar refractivity (Wildman–Crippen MR) is 85.5 cm³/mol. The summed E-state index contributed by atoms with van der Waals surface area (Å²) in [5.41, 5.74) is 0.483. The Bertz CT molecular complexity index is 504. The average molecular weight is 357 g/mol. The molecular formula is C15H21BrN2O3. The molecule has 0 aromatic heterocycles. The van der Waals surface area contributed by atoms with Crippen LogP contribution in [0.3, 0.4) is 0 Å². The Kier molecular flexibility index (Phi) is 7.22. The minimum Gasteiger partial charge on any atom is -0.497 e. The van der Waals surface area contributed by atoms with Crippen molar-refractivity contribution in [3.63, 3.8) is 0 Å². The van der Waals surface area contributed by atoms with Crippen molar-refractivity contribution in [2.75, 3.05) is 20.2 Å². The number of rotatable bonds is 7. The van der Waals surface area contributed by atoms with Crippen molar-refractivity contribution in [2.45, 2.75) is 20.3 Å². The van der Waals surface area contributed by atoms with Gasteiger partial charge in [0.2, 0.25) is 5.91 Å². The van der Waals surface area contributed by atoms with Crippen LogP contribution in [0.5, 0.6) is 5.75 Å². The lowest BCUT2D eigenvalue weighted by molar-refractivity contribution is -0.121. The van der Waals surface area contributed by atoms with Gasteiger partial charge in [-0.15, -0.1) is 0 Å². The van der Waals surface area contributed by atoms with Gasteiger partial charge in [-0.1, -0.05) is 13.8 Å². The molecule has 0 heterocycles. The number of hydrogen-bond acceptors (Lipinski definition) is 3. The summed E-state index contributed by atoms with van der Waals surface area (Å²) >= 11 is 3.33. The number of carbonyl (C=O) groups is 2. The Morgan fingerprint density at radius 3 is 2.62 bits per heavy atom. The fourth-order valence-electron chi connectivity index (χ4n) is 1.60. The molecule has 5 nitrogen and oxygen atoms in total. The van der Waals surface area contributed by atoms with Crippen LogP contribution in [0.25, 0.3) is 0 Å². The van der Waals surface area contributed by atoms with E-state index in [4.69, 9.17) is 4.74 Å². The zero-order valence-corrected chi connectivity index (χ0v) is 14.1. The van der Waals surface area contributed by atoms with Crippen LogP contribution in [0.1, 0.15) is 30.6 Å². The molecule has 0 unspecified atom stereocenters. The summed E-state index contributed by atoms with van der Waals surface area (Å²) in [6.07, 6.45) is 0.264. The third-order valence-electron chi connectivity index (χ3n) is 2.76. The Hall–Kier alpha value is -1.56. The SMILES string of the molecule is COc1ccc(Br)c(C(=O)NCCC(=O)NCC(C)C)c1. The molecule has 1 aromatic rings. The first-order chi connectivity index (χ1) is 9.93. The van der Waals surface area contributed by atoms with Gasteiger partial charge in [-0.25, -0.2) is 0 Å². The second-order valence-electron chi connectivity index (χ2n) is 5.05. The lowest BCUT2D eigenvalue weighted by atomic mass is 10.2. The van der Waals surface area contributed by atoms with E-state index < -0.39 is 0 Å². The smallest absolute Gasteiger partial charge is 0.252 e. The van der Waals surface area contributed by atoms with Crippen LogP contribution in [-0.2, 0) is 4.79 Å². The van der Waals surface area contributed by atoms with Crippen LogP contribution >= 0.6 is 15.9 Å². The maximum Gasteiger partial charge on any atom is 0.252 e. The maximum absolute atomic E-state index is 12.1. The fourth-order valence-corrected chi connectivity index (χ4v) is 2.02. The molecule has 0 saturated carbocycles. The van der Waals surface area contributed by atoms with E-state index in [1.807, 2.05) is 13.8 Å². The fraction of sp³-hybridized carbons (Fsp3) is 0.467. The first-order valence-corrected chi connectivity index (χ1v) is 7.61. The Balaban J connectivity index is 2.45. The Morgan fingerprint density at radius 1 is 1.29 bits per heavy atom. The van der Waals surface area contributed by atoms with Crippen LogP contribution in [0.2, 0.25) is 0 Å². The standard InChI is InChI=1S/C15H21BrN2O3/c1-10(2)9-18-14(19)6-7-17-15(20)12-8-11(21-3)4-5-13(12)16/h4-5,8,10H,6-7,9H2,1-3H3,(H,17,20)(H,18,19). The van der Waals surface area contributed by atoms with E-state index in [2.05, 4.69) is 26.6 Å². The molecule has 0 bridgehead atoms. The molecule has 0 aliphatic carbocycles. The summed E-state index contributed by atoms with van der Waals surface area (Å²) in [6, 6.07) is 5.17. The largest absolute Gasteiger partial charge is 0.497 e. The van der Waals surface area contributed by atoms with Crippen molar-refractivity contribution in [2.24, 2.45) is 5.92 Å². The topological polar surface area (TPSA) is 67.4 Å². The summed E-state index contributed by atoms with van der Waals surface area (Å²) in [4.78, 5) is 23.6. The quantitative estimate of drug-likeness (QED) is 0.787. The van der Waals surface area contributed by atoms with Crippen LogP contribution < -0.4 is 15.4 Å². The summed E-state index contributed by atoms with van der Waals surface area (Å²) in [5, 5.41) is 5.53. The highest BCUT2D eigenvalue weighted by atomic mass is 79.9. The molecule has 0 atom stereocenters. The van der Waals surface area contributed by atoms with E-state index in [9.17, 15) is 9.59 Å². The highest BCUT2D eigenvalue weighted by Gasteiger charge is 2.11. The summed E-state index contributed by atoms with van der Waals surface area (Å²) in [5.74, 6) is 0.723. The van der Waals surface area contributed by atoms with Crippen molar-refractivity contribution in [3.8, 4) is 5.75 Å². The lowest BCUT2D eigenvalue weighted by Crippen LogP contribution is -2.32. The van der Waals surface area contributed by atoms with Crippen LogP contribution in [0, 0.1) is 5.92 Å². The van der Waals surface area contributed by atoms with Crippen molar-refractivity contribution < 1.29 is 14.3 Å². The summed E-state index contributed by atoms with van der Waals surface area (Å²) in [6.45, 7) is 5.01. The van der Waals surface area contributed by atoms with Gasteiger partial charge in [0, 0.05) is 24.0 Å². The van der Waals surface area contributed by atoms with Gasteiger partial charge in [0.05, 0.1) is 12.7 Å². The molecule has 6 heteroatoms. The predicted octanol–water partition coefficient (Wildman–Crippen LogP) is 2.35. The van der Waals surface area contributed by atoms with Gasteiger partial charge < -0.3 is 15.4 Å². The number of ether oxygens (including phenoxy) is 1. The summed E-state index contributed by atoms with van der Waals surface area (Å²) < 4.78 is 5.78. The number of hydrogen-bond donors (Lipinski definition) is 2. The Morgan fingerprint density at radius 2 is 2.00 bits per heavy atom. The first kappa shape index (κ1) is 17.5. The third kappa shape index (κ3) is 6.16. The Labute approximate surface area is 133 Å². The molecule has 21 heavy (non-hydrogen) atoms. The van der Waals surface area contributed by atoms with E-state index in [1.165, 1.54) is 0 Å². The molecule has 0 saturated heterocycles. The van der Waals surface area contributed by atoms with Crippen LogP contribution in [0.4, 0.5) is 0 Å². The molecule has 2 amide bonds. The molecule has 0 fully saturated rings. The van der Waals surface area contributed by atoms with Gasteiger partial charge in [0.1, 0.15) is 5.75 Å². The molecule has 2 N–H and O–H groups in total. The average Bonchev–Trinajstić information content (AvgIpc) is 2.45. The highest BCUT2D eigenvalue weighted by Crippen LogP contribution is 2.22. The molecule has 0 spiro atoms. The van der Waals surface area contributed by atoms with E-state index >= 15 is 0 Å². The molecule has 0 radical (unpaired) electrons. The van der Waals surface area contributed by atoms with Crippen molar-refractivity contribution in [3.05, 3.63) is 28.2 Å². The van der Waals surface area contributed by atoms with Crippen LogP contribution in [0.15, 0.2) is 22.7 Å². The number of halogens is 1. The second-order valence-corrected chi connectivity index (χ2v) is 5.90. The molecule has 0 aliphatic heterocycles. The molecule has 1 aromatic carbocycles. The van der Waals surface area contributed by atoms with Gasteiger partial charge >= 0.3 is 0 Å². The monoisotopic (exact) mass is 356 g/mol. The number of methoxy groups -OCH3 is 1. The van der Waals surface area contributed by atoms with Gasteiger partial charge in [-0.05, 0) is 40.0 Å². The van der Waals surface area contributed by atoms with E-state index in [0.29, 0.717) is 34.8 Å².